The number of likely N-dealkylation sites (N-methyl/N-ethyl adjacent to an activating group) is 1. The highest BCUT2D eigenvalue weighted by atomic mass is 35.5. The fourth-order valence-electron chi connectivity index (χ4n) is 1.70. The molecule has 0 aliphatic carbocycles. The van der Waals surface area contributed by atoms with Gasteiger partial charge in [-0.25, -0.2) is 0 Å². The van der Waals surface area contributed by atoms with Crippen molar-refractivity contribution in [3.63, 3.8) is 0 Å². The molecular weight excluding hydrogens is 292 g/mol. The maximum absolute atomic E-state index is 11.8. The van der Waals surface area contributed by atoms with Crippen LogP contribution in [0.4, 0.5) is 0 Å². The van der Waals surface area contributed by atoms with E-state index in [0.29, 0.717) is 37.5 Å². The van der Waals surface area contributed by atoms with Gasteiger partial charge in [0.1, 0.15) is 6.61 Å². The molecule has 0 bridgehead atoms. The first-order valence-corrected chi connectivity index (χ1v) is 6.80. The van der Waals surface area contributed by atoms with Crippen molar-refractivity contribution in [3.05, 3.63) is 24.3 Å². The molecule has 0 saturated carbocycles. The summed E-state index contributed by atoms with van der Waals surface area (Å²) in [6.45, 7) is 2.87. The number of hydrogen-bond donors (Lipinski definition) is 1. The molecule has 120 valence electrons. The highest BCUT2D eigenvalue weighted by Gasteiger charge is 2.10. The Morgan fingerprint density at radius 2 is 1.95 bits per heavy atom. The Balaban J connectivity index is 0.00000400. The molecule has 0 fully saturated rings. The molecule has 0 radical (unpaired) electrons. The molecule has 1 atom stereocenters. The third-order valence-corrected chi connectivity index (χ3v) is 2.99. The molecule has 21 heavy (non-hydrogen) atoms. The lowest BCUT2D eigenvalue weighted by Crippen LogP contribution is -2.31. The number of rotatable bonds is 8. The minimum Gasteiger partial charge on any atom is -0.493 e. The number of nitrogens with zero attached hydrogens (tertiary/aromatic N) is 1. The molecule has 0 heterocycles. The van der Waals surface area contributed by atoms with Gasteiger partial charge < -0.3 is 20.1 Å². The zero-order chi connectivity index (χ0) is 15.0. The fourth-order valence-corrected chi connectivity index (χ4v) is 1.70. The summed E-state index contributed by atoms with van der Waals surface area (Å²) in [5.74, 6) is 1.47. The van der Waals surface area contributed by atoms with E-state index in [1.165, 1.54) is 0 Å². The van der Waals surface area contributed by atoms with Crippen molar-refractivity contribution in [3.8, 4) is 11.5 Å². The maximum atomic E-state index is 11.8. The van der Waals surface area contributed by atoms with Gasteiger partial charge in [0.2, 0.25) is 5.91 Å². The van der Waals surface area contributed by atoms with Crippen LogP contribution in [0, 0.1) is 0 Å². The molecule has 6 heteroatoms. The van der Waals surface area contributed by atoms with Gasteiger partial charge >= 0.3 is 0 Å². The zero-order valence-electron chi connectivity index (χ0n) is 12.9. The molecule has 0 spiro atoms. The van der Waals surface area contributed by atoms with E-state index < -0.39 is 0 Å². The topological polar surface area (TPSA) is 64.8 Å². The van der Waals surface area contributed by atoms with E-state index in [4.69, 9.17) is 15.2 Å². The second kappa shape index (κ2) is 10.3. The number of amides is 1. The lowest BCUT2D eigenvalue weighted by molar-refractivity contribution is -0.130. The van der Waals surface area contributed by atoms with E-state index in [1.807, 2.05) is 31.2 Å². The Labute approximate surface area is 132 Å². The van der Waals surface area contributed by atoms with Crippen LogP contribution in [0.3, 0.4) is 0 Å². The Morgan fingerprint density at radius 3 is 2.52 bits per heavy atom. The summed E-state index contributed by atoms with van der Waals surface area (Å²) in [5.41, 5.74) is 5.64. The van der Waals surface area contributed by atoms with Crippen molar-refractivity contribution in [2.24, 2.45) is 5.73 Å². The lowest BCUT2D eigenvalue weighted by Gasteiger charge is -2.18. The molecule has 2 N–H and O–H groups in total. The van der Waals surface area contributed by atoms with Crippen molar-refractivity contribution in [1.29, 1.82) is 0 Å². The molecule has 0 saturated heterocycles. The van der Waals surface area contributed by atoms with Gasteiger partial charge in [-0.1, -0.05) is 12.1 Å². The summed E-state index contributed by atoms with van der Waals surface area (Å²) >= 11 is 0. The van der Waals surface area contributed by atoms with Gasteiger partial charge in [-0.15, -0.1) is 12.4 Å². The van der Waals surface area contributed by atoms with Crippen LogP contribution in [0.2, 0.25) is 0 Å². The van der Waals surface area contributed by atoms with Crippen molar-refractivity contribution in [2.45, 2.75) is 25.8 Å². The van der Waals surface area contributed by atoms with E-state index in [2.05, 4.69) is 0 Å². The van der Waals surface area contributed by atoms with E-state index in [-0.39, 0.29) is 24.4 Å². The maximum Gasteiger partial charge on any atom is 0.222 e. The summed E-state index contributed by atoms with van der Waals surface area (Å²) in [5, 5.41) is 0. The van der Waals surface area contributed by atoms with Gasteiger partial charge in [0, 0.05) is 19.5 Å². The normalized spacial score (nSPS) is 11.2. The van der Waals surface area contributed by atoms with E-state index in [1.54, 1.807) is 19.1 Å². The van der Waals surface area contributed by atoms with Gasteiger partial charge in [-0.05, 0) is 25.5 Å². The van der Waals surface area contributed by atoms with Crippen LogP contribution in [-0.4, -0.2) is 44.2 Å². The number of nitrogens with two attached hydrogens (primary N) is 1. The Morgan fingerprint density at radius 1 is 1.33 bits per heavy atom. The van der Waals surface area contributed by atoms with Crippen molar-refractivity contribution >= 4 is 18.3 Å². The van der Waals surface area contributed by atoms with Crippen LogP contribution in [0.15, 0.2) is 24.3 Å². The molecular formula is C15H25ClN2O3. The second-order valence-electron chi connectivity index (χ2n) is 4.83. The van der Waals surface area contributed by atoms with Crippen molar-refractivity contribution in [2.75, 3.05) is 27.3 Å². The van der Waals surface area contributed by atoms with Crippen molar-refractivity contribution < 1.29 is 14.3 Å². The molecule has 1 aromatic rings. The molecule has 5 nitrogen and oxygen atoms in total. The van der Waals surface area contributed by atoms with E-state index in [9.17, 15) is 4.79 Å². The third kappa shape index (κ3) is 7.20. The third-order valence-electron chi connectivity index (χ3n) is 2.99. The minimum atomic E-state index is 0. The predicted molar refractivity (Wildman–Crippen MR) is 86.3 cm³/mol. The van der Waals surface area contributed by atoms with Gasteiger partial charge in [0.25, 0.3) is 0 Å². The van der Waals surface area contributed by atoms with Gasteiger partial charge in [-0.2, -0.15) is 0 Å². The zero-order valence-corrected chi connectivity index (χ0v) is 13.7. The van der Waals surface area contributed by atoms with Gasteiger partial charge in [-0.3, -0.25) is 4.79 Å². The molecule has 1 rings (SSSR count). The standard InChI is InChI=1S/C15H24N2O3.ClH/c1-12(16)8-9-15(18)17(2)10-11-20-14-7-5-4-6-13(14)19-3;/h4-7,12H,8-11,16H2,1-3H3;1H. The van der Waals surface area contributed by atoms with Crippen LogP contribution in [0.1, 0.15) is 19.8 Å². The monoisotopic (exact) mass is 316 g/mol. The second-order valence-corrected chi connectivity index (χ2v) is 4.83. The first kappa shape index (κ1) is 19.5. The van der Waals surface area contributed by atoms with Gasteiger partial charge in [0.05, 0.1) is 13.7 Å². The number of para-hydroxylation sites is 2. The Bertz CT molecular complexity index is 427. The molecule has 1 amide bonds. The molecule has 1 unspecified atom stereocenters. The van der Waals surface area contributed by atoms with Crippen LogP contribution >= 0.6 is 12.4 Å². The SMILES string of the molecule is COc1ccccc1OCCN(C)C(=O)CCC(C)N.Cl. The average molecular weight is 317 g/mol. The Hall–Kier alpha value is -1.46. The largest absolute Gasteiger partial charge is 0.493 e. The van der Waals surface area contributed by atoms with Crippen LogP contribution < -0.4 is 15.2 Å². The van der Waals surface area contributed by atoms with Crippen LogP contribution in [0.25, 0.3) is 0 Å². The lowest BCUT2D eigenvalue weighted by atomic mass is 10.2. The highest BCUT2D eigenvalue weighted by molar-refractivity contribution is 5.85. The molecule has 1 aromatic carbocycles. The molecule has 0 aliphatic heterocycles. The number of ether oxygens (including phenoxy) is 2. The molecule has 0 aliphatic rings. The Kier molecular flexibility index (Phi) is 9.58. The smallest absolute Gasteiger partial charge is 0.222 e. The number of benzene rings is 1. The van der Waals surface area contributed by atoms with Crippen molar-refractivity contribution in [1.82, 2.24) is 4.90 Å². The summed E-state index contributed by atoms with van der Waals surface area (Å²) in [4.78, 5) is 13.5. The highest BCUT2D eigenvalue weighted by Crippen LogP contribution is 2.25. The first-order chi connectivity index (χ1) is 9.54. The quantitative estimate of drug-likeness (QED) is 0.797. The van der Waals surface area contributed by atoms with Crippen LogP contribution in [-0.2, 0) is 4.79 Å². The number of carbonyl (C=O) groups is 1. The minimum absolute atomic E-state index is 0. The number of hydrogen-bond acceptors (Lipinski definition) is 4. The average Bonchev–Trinajstić information content (AvgIpc) is 2.45. The fraction of sp³-hybridized carbons (Fsp3) is 0.533. The number of methoxy groups -OCH3 is 1. The van der Waals surface area contributed by atoms with Gasteiger partial charge in [0.15, 0.2) is 11.5 Å². The predicted octanol–water partition coefficient (Wildman–Crippen LogP) is 2.08. The number of carbonyl (C=O) groups excluding carboxylic acids is 1. The summed E-state index contributed by atoms with van der Waals surface area (Å²) < 4.78 is 10.8. The van der Waals surface area contributed by atoms with E-state index in [0.717, 1.165) is 0 Å². The summed E-state index contributed by atoms with van der Waals surface area (Å²) in [6.07, 6.45) is 1.18. The summed E-state index contributed by atoms with van der Waals surface area (Å²) in [7, 11) is 3.38. The van der Waals surface area contributed by atoms with Crippen LogP contribution in [0.5, 0.6) is 11.5 Å². The summed E-state index contributed by atoms with van der Waals surface area (Å²) in [6, 6.07) is 7.51. The van der Waals surface area contributed by atoms with E-state index >= 15 is 0 Å². The molecule has 0 aromatic heterocycles. The number of halogens is 1. The first-order valence-electron chi connectivity index (χ1n) is 6.80.